The fraction of sp³-hybridized carbons (Fsp3) is 0.714. The van der Waals surface area contributed by atoms with Crippen molar-refractivity contribution in [2.24, 2.45) is 0 Å². The molecule has 0 aliphatic carbocycles. The second-order valence-electron chi connectivity index (χ2n) is 5.75. The average Bonchev–Trinajstić information content (AvgIpc) is 2.73. The van der Waals surface area contributed by atoms with E-state index < -0.39 is 0 Å². The van der Waals surface area contributed by atoms with Crippen LogP contribution in [-0.2, 0) is 6.54 Å². The van der Waals surface area contributed by atoms with E-state index in [-0.39, 0.29) is 0 Å². The quantitative estimate of drug-likeness (QED) is 0.882. The van der Waals surface area contributed by atoms with Crippen LogP contribution in [-0.4, -0.2) is 30.1 Å². The highest BCUT2D eigenvalue weighted by Crippen LogP contribution is 2.32. The fourth-order valence-corrected chi connectivity index (χ4v) is 4.26. The molecule has 2 atom stereocenters. The van der Waals surface area contributed by atoms with E-state index in [0.29, 0.717) is 6.04 Å². The van der Waals surface area contributed by atoms with Crippen LogP contribution in [0.4, 0.5) is 5.69 Å². The van der Waals surface area contributed by atoms with Crippen molar-refractivity contribution in [3.05, 3.63) is 16.3 Å². The van der Waals surface area contributed by atoms with Gasteiger partial charge in [-0.3, -0.25) is 0 Å². The van der Waals surface area contributed by atoms with E-state index in [1.54, 1.807) is 11.3 Å². The second kappa shape index (κ2) is 5.19. The minimum absolute atomic E-state index is 0.679. The van der Waals surface area contributed by atoms with Crippen LogP contribution >= 0.6 is 11.3 Å². The number of piperidine rings is 2. The van der Waals surface area contributed by atoms with Gasteiger partial charge in [0, 0.05) is 35.2 Å². The molecule has 2 fully saturated rings. The van der Waals surface area contributed by atoms with E-state index in [9.17, 15) is 0 Å². The van der Waals surface area contributed by atoms with Gasteiger partial charge in [-0.05, 0) is 44.2 Å². The zero-order valence-electron chi connectivity index (χ0n) is 11.1. The highest BCUT2D eigenvalue weighted by Gasteiger charge is 2.35. The predicted octanol–water partition coefficient (Wildman–Crippen LogP) is 2.44. The summed E-state index contributed by atoms with van der Waals surface area (Å²) in [6.07, 6.45) is 6.79. The van der Waals surface area contributed by atoms with Gasteiger partial charge in [-0.25, -0.2) is 0 Å². The Kier molecular flexibility index (Phi) is 3.59. The van der Waals surface area contributed by atoms with Crippen LogP contribution in [0.15, 0.2) is 11.4 Å². The van der Waals surface area contributed by atoms with E-state index in [2.05, 4.69) is 22.6 Å². The van der Waals surface area contributed by atoms with Crippen molar-refractivity contribution >= 4 is 17.0 Å². The van der Waals surface area contributed by atoms with Gasteiger partial charge in [0.1, 0.15) is 0 Å². The largest absolute Gasteiger partial charge is 0.398 e. The van der Waals surface area contributed by atoms with Crippen molar-refractivity contribution < 1.29 is 0 Å². The molecular formula is C14H23N3S. The maximum atomic E-state index is 5.93. The van der Waals surface area contributed by atoms with Gasteiger partial charge in [-0.15, -0.1) is 11.3 Å². The SMILES string of the molecule is CN1C2CCCC1CC(NCc1sccc1N)C2. The molecule has 3 N–H and O–H groups in total. The van der Waals surface area contributed by atoms with Crippen LogP contribution in [0.3, 0.4) is 0 Å². The summed E-state index contributed by atoms with van der Waals surface area (Å²) in [5, 5.41) is 5.80. The number of nitrogen functional groups attached to an aromatic ring is 1. The van der Waals surface area contributed by atoms with Crippen LogP contribution < -0.4 is 11.1 Å². The van der Waals surface area contributed by atoms with Crippen molar-refractivity contribution in [1.82, 2.24) is 10.2 Å². The lowest BCUT2D eigenvalue weighted by molar-refractivity contribution is 0.0483. The van der Waals surface area contributed by atoms with E-state index in [1.165, 1.54) is 37.0 Å². The van der Waals surface area contributed by atoms with Crippen molar-refractivity contribution in [3.63, 3.8) is 0 Å². The van der Waals surface area contributed by atoms with Crippen molar-refractivity contribution in [2.45, 2.75) is 56.8 Å². The third-order valence-electron chi connectivity index (χ3n) is 4.67. The van der Waals surface area contributed by atoms with Gasteiger partial charge in [0.05, 0.1) is 0 Å². The van der Waals surface area contributed by atoms with Gasteiger partial charge in [0.15, 0.2) is 0 Å². The van der Waals surface area contributed by atoms with E-state index in [1.807, 2.05) is 6.07 Å². The van der Waals surface area contributed by atoms with Crippen LogP contribution in [0, 0.1) is 0 Å². The first-order valence-electron chi connectivity index (χ1n) is 7.01. The zero-order valence-corrected chi connectivity index (χ0v) is 11.9. The highest BCUT2D eigenvalue weighted by molar-refractivity contribution is 7.10. The van der Waals surface area contributed by atoms with E-state index in [0.717, 1.165) is 24.3 Å². The molecular weight excluding hydrogens is 242 g/mol. The third-order valence-corrected chi connectivity index (χ3v) is 5.61. The fourth-order valence-electron chi connectivity index (χ4n) is 3.51. The summed E-state index contributed by atoms with van der Waals surface area (Å²) in [7, 11) is 2.31. The Morgan fingerprint density at radius 2 is 2.11 bits per heavy atom. The Labute approximate surface area is 113 Å². The Morgan fingerprint density at radius 1 is 1.39 bits per heavy atom. The lowest BCUT2D eigenvalue weighted by Gasteiger charge is -2.47. The molecule has 2 unspecified atom stereocenters. The first kappa shape index (κ1) is 12.5. The van der Waals surface area contributed by atoms with E-state index >= 15 is 0 Å². The molecule has 2 bridgehead atoms. The van der Waals surface area contributed by atoms with Gasteiger partial charge >= 0.3 is 0 Å². The standard InChI is InChI=1S/C14H23N3S/c1-17-11-3-2-4-12(17)8-10(7-11)16-9-14-13(15)5-6-18-14/h5-6,10-12,16H,2-4,7-9,15H2,1H3. The Bertz CT molecular complexity index is 389. The first-order valence-corrected chi connectivity index (χ1v) is 7.89. The molecule has 2 aliphatic heterocycles. The molecule has 1 aromatic heterocycles. The summed E-state index contributed by atoms with van der Waals surface area (Å²) < 4.78 is 0. The average molecular weight is 265 g/mol. The molecule has 100 valence electrons. The molecule has 3 nitrogen and oxygen atoms in total. The molecule has 0 radical (unpaired) electrons. The summed E-state index contributed by atoms with van der Waals surface area (Å²) in [6.45, 7) is 0.942. The highest BCUT2D eigenvalue weighted by atomic mass is 32.1. The van der Waals surface area contributed by atoms with Crippen molar-refractivity contribution in [2.75, 3.05) is 12.8 Å². The molecule has 3 heterocycles. The molecule has 0 aromatic carbocycles. The zero-order chi connectivity index (χ0) is 12.5. The number of hydrogen-bond acceptors (Lipinski definition) is 4. The molecule has 0 saturated carbocycles. The minimum Gasteiger partial charge on any atom is -0.398 e. The van der Waals surface area contributed by atoms with Crippen molar-refractivity contribution in [3.8, 4) is 0 Å². The number of nitrogens with one attached hydrogen (secondary N) is 1. The summed E-state index contributed by atoms with van der Waals surface area (Å²) >= 11 is 1.76. The van der Waals surface area contributed by atoms with Gasteiger partial charge in [-0.1, -0.05) is 6.42 Å². The second-order valence-corrected chi connectivity index (χ2v) is 6.75. The van der Waals surface area contributed by atoms with Crippen LogP contribution in [0.25, 0.3) is 0 Å². The lowest BCUT2D eigenvalue weighted by Crippen LogP contribution is -2.54. The summed E-state index contributed by atoms with van der Waals surface area (Å²) in [6, 6.07) is 4.29. The first-order chi connectivity index (χ1) is 8.74. The Hall–Kier alpha value is -0.580. The van der Waals surface area contributed by atoms with Gasteiger partial charge in [0.25, 0.3) is 0 Å². The molecule has 0 amide bonds. The Morgan fingerprint density at radius 3 is 2.72 bits per heavy atom. The van der Waals surface area contributed by atoms with E-state index in [4.69, 9.17) is 5.73 Å². The summed E-state index contributed by atoms with van der Waals surface area (Å²) in [5.74, 6) is 0. The topological polar surface area (TPSA) is 41.3 Å². The number of hydrogen-bond donors (Lipinski definition) is 2. The number of nitrogens with zero attached hydrogens (tertiary/aromatic N) is 1. The summed E-state index contributed by atoms with van der Waals surface area (Å²) in [4.78, 5) is 3.90. The maximum Gasteiger partial charge on any atom is 0.0468 e. The van der Waals surface area contributed by atoms with Crippen LogP contribution in [0.5, 0.6) is 0 Å². The van der Waals surface area contributed by atoms with Gasteiger partial charge in [0.2, 0.25) is 0 Å². The number of rotatable bonds is 3. The van der Waals surface area contributed by atoms with Gasteiger partial charge < -0.3 is 16.0 Å². The number of anilines is 1. The monoisotopic (exact) mass is 265 g/mol. The molecule has 4 heteroatoms. The smallest absolute Gasteiger partial charge is 0.0468 e. The molecule has 0 spiro atoms. The van der Waals surface area contributed by atoms with Gasteiger partial charge in [-0.2, -0.15) is 0 Å². The normalized spacial score (nSPS) is 32.6. The molecule has 2 saturated heterocycles. The predicted molar refractivity (Wildman–Crippen MR) is 77.8 cm³/mol. The van der Waals surface area contributed by atoms with Crippen LogP contribution in [0.1, 0.15) is 37.0 Å². The number of nitrogens with two attached hydrogens (primary N) is 1. The van der Waals surface area contributed by atoms with Crippen molar-refractivity contribution in [1.29, 1.82) is 0 Å². The molecule has 18 heavy (non-hydrogen) atoms. The molecule has 2 aliphatic rings. The minimum atomic E-state index is 0.679. The summed E-state index contributed by atoms with van der Waals surface area (Å²) in [5.41, 5.74) is 6.88. The maximum absolute atomic E-state index is 5.93. The molecule has 1 aromatic rings. The third kappa shape index (κ3) is 2.42. The lowest BCUT2D eigenvalue weighted by atomic mass is 9.82. The number of thiophene rings is 1. The Balaban J connectivity index is 1.57. The number of fused-ring (bicyclic) bond motifs is 2. The molecule has 3 rings (SSSR count). The van der Waals surface area contributed by atoms with Crippen LogP contribution in [0.2, 0.25) is 0 Å².